The lowest BCUT2D eigenvalue weighted by atomic mass is 10.1. The van der Waals surface area contributed by atoms with Crippen molar-refractivity contribution >= 4 is 11.4 Å². The van der Waals surface area contributed by atoms with E-state index in [0.717, 1.165) is 37.8 Å². The van der Waals surface area contributed by atoms with E-state index in [1.54, 1.807) is 0 Å². The smallest absolute Gasteiger partial charge is 0.295 e. The SMILES string of the molecule is CCCC(CCC)Nc1c([N+](=O)[O-])ccc(F)c1F. The molecule has 0 atom stereocenters. The Kier molecular flexibility index (Phi) is 5.66. The molecule has 0 spiro atoms. The van der Waals surface area contributed by atoms with Gasteiger partial charge < -0.3 is 5.32 Å². The number of benzene rings is 1. The van der Waals surface area contributed by atoms with Gasteiger partial charge in [-0.2, -0.15) is 0 Å². The Morgan fingerprint density at radius 2 is 1.84 bits per heavy atom. The normalized spacial score (nSPS) is 10.8. The molecule has 1 aromatic carbocycles. The zero-order chi connectivity index (χ0) is 14.4. The van der Waals surface area contributed by atoms with Crippen LogP contribution in [0.2, 0.25) is 0 Å². The highest BCUT2D eigenvalue weighted by molar-refractivity contribution is 5.63. The Balaban J connectivity index is 3.09. The number of hydrogen-bond acceptors (Lipinski definition) is 3. The Bertz CT molecular complexity index is 447. The molecule has 0 heterocycles. The summed E-state index contributed by atoms with van der Waals surface area (Å²) in [5.74, 6) is -2.27. The first-order chi connectivity index (χ1) is 9.01. The van der Waals surface area contributed by atoms with Crippen molar-refractivity contribution in [1.82, 2.24) is 0 Å². The highest BCUT2D eigenvalue weighted by Gasteiger charge is 2.23. The third kappa shape index (κ3) is 3.87. The Morgan fingerprint density at radius 1 is 1.26 bits per heavy atom. The van der Waals surface area contributed by atoms with Gasteiger partial charge in [-0.3, -0.25) is 10.1 Å². The molecule has 0 fully saturated rings. The second-order valence-corrected chi connectivity index (χ2v) is 4.43. The van der Waals surface area contributed by atoms with Crippen LogP contribution in [-0.2, 0) is 0 Å². The highest BCUT2D eigenvalue weighted by atomic mass is 19.2. The molecule has 0 amide bonds. The summed E-state index contributed by atoms with van der Waals surface area (Å²) in [5, 5.41) is 13.6. The third-order valence-electron chi connectivity index (χ3n) is 2.89. The van der Waals surface area contributed by atoms with Crippen LogP contribution in [0.1, 0.15) is 39.5 Å². The second-order valence-electron chi connectivity index (χ2n) is 4.43. The maximum absolute atomic E-state index is 13.7. The van der Waals surface area contributed by atoms with Gasteiger partial charge in [-0.1, -0.05) is 26.7 Å². The standard InChI is InChI=1S/C13H18F2N2O2/c1-3-5-9(6-4-2)16-13-11(17(18)19)8-7-10(14)12(13)15/h7-9,16H,3-6H2,1-2H3. The summed E-state index contributed by atoms with van der Waals surface area (Å²) in [6.45, 7) is 3.95. The molecule has 0 bridgehead atoms. The van der Waals surface area contributed by atoms with Crippen molar-refractivity contribution in [2.75, 3.05) is 5.32 Å². The van der Waals surface area contributed by atoms with E-state index in [1.807, 2.05) is 13.8 Å². The van der Waals surface area contributed by atoms with E-state index in [4.69, 9.17) is 0 Å². The monoisotopic (exact) mass is 272 g/mol. The quantitative estimate of drug-likeness (QED) is 0.596. The van der Waals surface area contributed by atoms with Crippen LogP contribution in [0.25, 0.3) is 0 Å². The summed E-state index contributed by atoms with van der Waals surface area (Å²) in [6.07, 6.45) is 3.23. The first-order valence-electron chi connectivity index (χ1n) is 6.40. The number of rotatable bonds is 7. The molecule has 0 aliphatic rings. The zero-order valence-electron chi connectivity index (χ0n) is 11.1. The lowest BCUT2D eigenvalue weighted by Crippen LogP contribution is -2.21. The molecule has 0 radical (unpaired) electrons. The summed E-state index contributed by atoms with van der Waals surface area (Å²) in [6, 6.07) is 1.66. The van der Waals surface area contributed by atoms with Gasteiger partial charge in [-0.05, 0) is 18.9 Å². The summed E-state index contributed by atoms with van der Waals surface area (Å²) in [5.41, 5.74) is -0.784. The van der Waals surface area contributed by atoms with Crippen molar-refractivity contribution < 1.29 is 13.7 Å². The molecule has 1 rings (SSSR count). The van der Waals surface area contributed by atoms with Crippen molar-refractivity contribution in [3.05, 3.63) is 33.9 Å². The van der Waals surface area contributed by atoms with Gasteiger partial charge >= 0.3 is 0 Å². The van der Waals surface area contributed by atoms with Gasteiger partial charge in [-0.25, -0.2) is 8.78 Å². The summed E-state index contributed by atoms with van der Waals surface area (Å²) >= 11 is 0. The number of nitro groups is 1. The molecule has 0 aliphatic carbocycles. The van der Waals surface area contributed by atoms with Crippen LogP contribution in [-0.4, -0.2) is 11.0 Å². The molecule has 0 unspecified atom stereocenters. The van der Waals surface area contributed by atoms with Crippen molar-refractivity contribution in [2.24, 2.45) is 0 Å². The lowest BCUT2D eigenvalue weighted by Gasteiger charge is -2.19. The van der Waals surface area contributed by atoms with Crippen molar-refractivity contribution in [3.8, 4) is 0 Å². The summed E-state index contributed by atoms with van der Waals surface area (Å²) in [4.78, 5) is 10.2. The van der Waals surface area contributed by atoms with Crippen molar-refractivity contribution in [1.29, 1.82) is 0 Å². The van der Waals surface area contributed by atoms with Gasteiger partial charge in [0.15, 0.2) is 17.3 Å². The topological polar surface area (TPSA) is 55.2 Å². The van der Waals surface area contributed by atoms with Gasteiger partial charge in [0.2, 0.25) is 0 Å². The average Bonchev–Trinajstić information content (AvgIpc) is 2.35. The largest absolute Gasteiger partial charge is 0.374 e. The number of nitrogens with zero attached hydrogens (tertiary/aromatic N) is 1. The van der Waals surface area contributed by atoms with Crippen LogP contribution in [0.4, 0.5) is 20.2 Å². The number of halogens is 2. The molecule has 4 nitrogen and oxygen atoms in total. The summed E-state index contributed by atoms with van der Waals surface area (Å²) < 4.78 is 26.9. The minimum Gasteiger partial charge on any atom is -0.374 e. The fourth-order valence-corrected chi connectivity index (χ4v) is 2.02. The number of hydrogen-bond donors (Lipinski definition) is 1. The van der Waals surface area contributed by atoms with Gasteiger partial charge in [0.05, 0.1) is 4.92 Å². The molecule has 0 aromatic heterocycles. The predicted octanol–water partition coefficient (Wildman–Crippen LogP) is 4.25. The lowest BCUT2D eigenvalue weighted by molar-refractivity contribution is -0.384. The number of anilines is 1. The fourth-order valence-electron chi connectivity index (χ4n) is 2.02. The molecule has 19 heavy (non-hydrogen) atoms. The molecule has 0 aliphatic heterocycles. The maximum Gasteiger partial charge on any atom is 0.295 e. The Hall–Kier alpha value is -1.72. The van der Waals surface area contributed by atoms with E-state index in [9.17, 15) is 18.9 Å². The van der Waals surface area contributed by atoms with Gasteiger partial charge in [0, 0.05) is 12.1 Å². The van der Waals surface area contributed by atoms with E-state index >= 15 is 0 Å². The van der Waals surface area contributed by atoms with E-state index in [0.29, 0.717) is 0 Å². The van der Waals surface area contributed by atoms with E-state index in [2.05, 4.69) is 5.32 Å². The van der Waals surface area contributed by atoms with Crippen LogP contribution in [0.3, 0.4) is 0 Å². The van der Waals surface area contributed by atoms with Gasteiger partial charge in [0.25, 0.3) is 5.69 Å². The summed E-state index contributed by atoms with van der Waals surface area (Å²) in [7, 11) is 0. The van der Waals surface area contributed by atoms with E-state index < -0.39 is 22.2 Å². The third-order valence-corrected chi connectivity index (χ3v) is 2.89. The van der Waals surface area contributed by atoms with Crippen molar-refractivity contribution in [3.63, 3.8) is 0 Å². The van der Waals surface area contributed by atoms with Gasteiger partial charge in [0.1, 0.15) is 0 Å². The average molecular weight is 272 g/mol. The number of nitro benzene ring substituents is 1. The Morgan fingerprint density at radius 3 is 2.32 bits per heavy atom. The van der Waals surface area contributed by atoms with Crippen LogP contribution in [0.15, 0.2) is 12.1 Å². The van der Waals surface area contributed by atoms with E-state index in [-0.39, 0.29) is 11.7 Å². The maximum atomic E-state index is 13.7. The van der Waals surface area contributed by atoms with Gasteiger partial charge in [-0.15, -0.1) is 0 Å². The molecule has 0 saturated heterocycles. The molecule has 1 aromatic rings. The molecule has 0 saturated carbocycles. The Labute approximate surface area is 111 Å². The van der Waals surface area contributed by atoms with Crippen LogP contribution in [0.5, 0.6) is 0 Å². The molecular formula is C13H18F2N2O2. The zero-order valence-corrected chi connectivity index (χ0v) is 11.1. The number of nitrogens with one attached hydrogen (secondary N) is 1. The van der Waals surface area contributed by atoms with E-state index in [1.165, 1.54) is 0 Å². The molecule has 1 N–H and O–H groups in total. The molecule has 106 valence electrons. The minimum atomic E-state index is -1.19. The van der Waals surface area contributed by atoms with Crippen LogP contribution >= 0.6 is 0 Å². The highest BCUT2D eigenvalue weighted by Crippen LogP contribution is 2.30. The molecule has 6 heteroatoms. The van der Waals surface area contributed by atoms with Crippen LogP contribution < -0.4 is 5.32 Å². The van der Waals surface area contributed by atoms with Crippen molar-refractivity contribution in [2.45, 2.75) is 45.6 Å². The predicted molar refractivity (Wildman–Crippen MR) is 70.2 cm³/mol. The van der Waals surface area contributed by atoms with Crippen LogP contribution in [0, 0.1) is 21.7 Å². The second kappa shape index (κ2) is 7.01. The first kappa shape index (κ1) is 15.3. The fraction of sp³-hybridized carbons (Fsp3) is 0.538. The minimum absolute atomic E-state index is 0.0926. The molecular weight excluding hydrogens is 254 g/mol. The first-order valence-corrected chi connectivity index (χ1v) is 6.40.